The van der Waals surface area contributed by atoms with Crippen molar-refractivity contribution >= 4 is 35.0 Å². The van der Waals surface area contributed by atoms with E-state index in [1.165, 1.54) is 40.9 Å². The number of hydrogen-bond donors (Lipinski definition) is 1. The third-order valence-corrected chi connectivity index (χ3v) is 5.30. The van der Waals surface area contributed by atoms with Gasteiger partial charge in [0.25, 0.3) is 5.91 Å². The maximum Gasteiger partial charge on any atom is 0.266 e. The van der Waals surface area contributed by atoms with Gasteiger partial charge >= 0.3 is 0 Å². The van der Waals surface area contributed by atoms with Crippen LogP contribution >= 0.6 is 11.8 Å². The quantitative estimate of drug-likeness (QED) is 0.880. The fourth-order valence-electron chi connectivity index (χ4n) is 2.97. The summed E-state index contributed by atoms with van der Waals surface area (Å²) >= 11 is 1.29. The van der Waals surface area contributed by atoms with Crippen LogP contribution in [0.1, 0.15) is 5.56 Å². The summed E-state index contributed by atoms with van der Waals surface area (Å²) in [5, 5.41) is 2.83. The summed E-state index contributed by atoms with van der Waals surface area (Å²) < 4.78 is 13.2. The molecule has 2 aliphatic rings. The Morgan fingerprint density at radius 2 is 1.82 bits per heavy atom. The molecule has 4 rings (SSSR count). The monoisotopic (exact) mass is 314 g/mol. The number of fused-ring (bicyclic) bond motifs is 2. The lowest BCUT2D eigenvalue weighted by molar-refractivity contribution is -0.122. The van der Waals surface area contributed by atoms with Crippen LogP contribution in [0.2, 0.25) is 0 Å². The Labute approximate surface area is 130 Å². The van der Waals surface area contributed by atoms with Gasteiger partial charge in [0, 0.05) is 16.9 Å². The van der Waals surface area contributed by atoms with Crippen LogP contribution in [0.3, 0.4) is 0 Å². The summed E-state index contributed by atoms with van der Waals surface area (Å²) in [4.78, 5) is 25.4. The molecule has 0 aromatic heterocycles. The average Bonchev–Trinajstić information content (AvgIpc) is 3.00. The number of benzene rings is 2. The third-order valence-electron chi connectivity index (χ3n) is 3.90. The maximum absolute atomic E-state index is 13.2. The minimum atomic E-state index is -1.11. The molecule has 0 unspecified atom stereocenters. The summed E-state index contributed by atoms with van der Waals surface area (Å²) in [5.41, 5.74) is 1.99. The van der Waals surface area contributed by atoms with Crippen LogP contribution < -0.4 is 10.2 Å². The Morgan fingerprint density at radius 3 is 2.59 bits per heavy atom. The Kier molecular flexibility index (Phi) is 2.77. The molecule has 1 N–H and O–H groups in total. The first-order valence-corrected chi connectivity index (χ1v) is 7.75. The van der Waals surface area contributed by atoms with Crippen LogP contribution in [-0.2, 0) is 14.5 Å². The van der Waals surface area contributed by atoms with Crippen molar-refractivity contribution in [3.8, 4) is 0 Å². The van der Waals surface area contributed by atoms with Crippen LogP contribution in [0.5, 0.6) is 0 Å². The molecule has 6 heteroatoms. The number of nitrogens with zero attached hydrogens (tertiary/aromatic N) is 1. The molecule has 110 valence electrons. The zero-order valence-corrected chi connectivity index (χ0v) is 12.2. The number of halogens is 1. The summed E-state index contributed by atoms with van der Waals surface area (Å²) in [6, 6.07) is 13.0. The van der Waals surface area contributed by atoms with Gasteiger partial charge in [-0.2, -0.15) is 0 Å². The highest BCUT2D eigenvalue weighted by Gasteiger charge is 2.58. The molecular weight excluding hydrogens is 303 g/mol. The second-order valence-electron chi connectivity index (χ2n) is 5.14. The standard InChI is InChI=1S/C16H11FN2O2S/c17-10-5-7-11(8-6-10)19-14(20)9-22-16(19)12-3-1-2-4-13(12)18-15(16)21/h1-8H,9H2,(H,18,21)/t16-/m1/s1. The number of hydrogen-bond acceptors (Lipinski definition) is 3. The molecule has 22 heavy (non-hydrogen) atoms. The molecule has 1 saturated heterocycles. The van der Waals surface area contributed by atoms with E-state index in [0.29, 0.717) is 11.4 Å². The van der Waals surface area contributed by atoms with Gasteiger partial charge in [-0.1, -0.05) is 18.2 Å². The Hall–Kier alpha value is -2.34. The van der Waals surface area contributed by atoms with Gasteiger partial charge in [0.05, 0.1) is 5.75 Å². The van der Waals surface area contributed by atoms with Gasteiger partial charge in [0.2, 0.25) is 10.8 Å². The molecule has 2 heterocycles. The molecule has 0 radical (unpaired) electrons. The Bertz CT molecular complexity index is 793. The van der Waals surface area contributed by atoms with Crippen LogP contribution in [0, 0.1) is 5.82 Å². The topological polar surface area (TPSA) is 49.4 Å². The van der Waals surface area contributed by atoms with Crippen LogP contribution in [-0.4, -0.2) is 17.6 Å². The van der Waals surface area contributed by atoms with Gasteiger partial charge in [0.15, 0.2) is 0 Å². The first-order valence-electron chi connectivity index (χ1n) is 6.76. The SMILES string of the molecule is O=C1CS[C@]2(C(=O)Nc3ccccc32)N1c1ccc(F)cc1. The highest BCUT2D eigenvalue weighted by Crippen LogP contribution is 2.53. The largest absolute Gasteiger partial charge is 0.323 e. The summed E-state index contributed by atoms with van der Waals surface area (Å²) in [7, 11) is 0. The number of anilines is 2. The second-order valence-corrected chi connectivity index (χ2v) is 6.31. The van der Waals surface area contributed by atoms with E-state index in [4.69, 9.17) is 0 Å². The van der Waals surface area contributed by atoms with Gasteiger partial charge in [-0.15, -0.1) is 11.8 Å². The van der Waals surface area contributed by atoms with Gasteiger partial charge in [-0.05, 0) is 30.3 Å². The normalized spacial score (nSPS) is 23.0. The van der Waals surface area contributed by atoms with Crippen molar-refractivity contribution < 1.29 is 14.0 Å². The zero-order valence-electron chi connectivity index (χ0n) is 11.4. The van der Waals surface area contributed by atoms with E-state index in [9.17, 15) is 14.0 Å². The number of carbonyl (C=O) groups is 2. The van der Waals surface area contributed by atoms with Crippen molar-refractivity contribution in [2.45, 2.75) is 4.87 Å². The average molecular weight is 314 g/mol. The molecule has 1 spiro atoms. The molecule has 2 amide bonds. The van der Waals surface area contributed by atoms with Crippen molar-refractivity contribution in [1.82, 2.24) is 0 Å². The second kappa shape index (κ2) is 4.58. The van der Waals surface area contributed by atoms with E-state index in [0.717, 1.165) is 5.56 Å². The lowest BCUT2D eigenvalue weighted by Gasteiger charge is -2.32. The third kappa shape index (κ3) is 1.64. The predicted octanol–water partition coefficient (Wildman–Crippen LogP) is 2.71. The first kappa shape index (κ1) is 13.3. The molecule has 2 aromatic carbocycles. The van der Waals surface area contributed by atoms with E-state index in [1.54, 1.807) is 0 Å². The van der Waals surface area contributed by atoms with Gasteiger partial charge < -0.3 is 5.32 Å². The molecule has 1 atom stereocenters. The molecule has 1 fully saturated rings. The van der Waals surface area contributed by atoms with Gasteiger partial charge in [-0.3, -0.25) is 14.5 Å². The molecule has 0 bridgehead atoms. The summed E-state index contributed by atoms with van der Waals surface area (Å²) in [5.74, 6) is -0.579. The lowest BCUT2D eigenvalue weighted by atomic mass is 10.0. The molecule has 0 aliphatic carbocycles. The predicted molar refractivity (Wildman–Crippen MR) is 83.1 cm³/mol. The number of para-hydroxylation sites is 1. The first-order chi connectivity index (χ1) is 10.6. The van der Waals surface area contributed by atoms with E-state index in [1.807, 2.05) is 24.3 Å². The van der Waals surface area contributed by atoms with E-state index in [2.05, 4.69) is 5.32 Å². The minimum Gasteiger partial charge on any atom is -0.323 e. The van der Waals surface area contributed by atoms with E-state index < -0.39 is 4.87 Å². The highest BCUT2D eigenvalue weighted by atomic mass is 32.2. The fourth-order valence-corrected chi connectivity index (χ4v) is 4.28. The van der Waals surface area contributed by atoms with Crippen LogP contribution in [0.15, 0.2) is 48.5 Å². The smallest absolute Gasteiger partial charge is 0.266 e. The minimum absolute atomic E-state index is 0.163. The van der Waals surface area contributed by atoms with Gasteiger partial charge in [0.1, 0.15) is 5.82 Å². The molecule has 2 aromatic rings. The number of thioether (sulfide) groups is 1. The summed E-state index contributed by atoms with van der Waals surface area (Å²) in [6.45, 7) is 0. The number of carbonyl (C=O) groups excluding carboxylic acids is 2. The van der Waals surface area contributed by atoms with Gasteiger partial charge in [-0.25, -0.2) is 4.39 Å². The number of nitrogens with one attached hydrogen (secondary N) is 1. The summed E-state index contributed by atoms with van der Waals surface area (Å²) in [6.07, 6.45) is 0. The number of rotatable bonds is 1. The van der Waals surface area contributed by atoms with Crippen LogP contribution in [0.25, 0.3) is 0 Å². The molecular formula is C16H11FN2O2S. The molecule has 2 aliphatic heterocycles. The van der Waals surface area contributed by atoms with Crippen molar-refractivity contribution in [1.29, 1.82) is 0 Å². The van der Waals surface area contributed by atoms with E-state index >= 15 is 0 Å². The Morgan fingerprint density at radius 1 is 1.09 bits per heavy atom. The number of amides is 2. The van der Waals surface area contributed by atoms with Crippen molar-refractivity contribution in [3.63, 3.8) is 0 Å². The van der Waals surface area contributed by atoms with Crippen LogP contribution in [0.4, 0.5) is 15.8 Å². The fraction of sp³-hybridized carbons (Fsp3) is 0.125. The highest BCUT2D eigenvalue weighted by molar-refractivity contribution is 8.02. The zero-order chi connectivity index (χ0) is 15.3. The maximum atomic E-state index is 13.2. The lowest BCUT2D eigenvalue weighted by Crippen LogP contribution is -2.47. The van der Waals surface area contributed by atoms with E-state index in [-0.39, 0.29) is 23.4 Å². The molecule has 0 saturated carbocycles. The van der Waals surface area contributed by atoms with Crippen molar-refractivity contribution in [3.05, 3.63) is 59.9 Å². The Balaban J connectivity index is 1.92. The van der Waals surface area contributed by atoms with Crippen molar-refractivity contribution in [2.24, 2.45) is 0 Å². The van der Waals surface area contributed by atoms with Crippen molar-refractivity contribution in [2.75, 3.05) is 16.0 Å². The molecule has 4 nitrogen and oxygen atoms in total.